The molecule has 0 saturated heterocycles. The van der Waals surface area contributed by atoms with Crippen LogP contribution in [0.25, 0.3) is 0 Å². The average Bonchev–Trinajstić information content (AvgIpc) is 2.64. The second-order valence-electron chi connectivity index (χ2n) is 4.46. The van der Waals surface area contributed by atoms with E-state index < -0.39 is 0 Å². The van der Waals surface area contributed by atoms with E-state index >= 15 is 0 Å². The zero-order valence-corrected chi connectivity index (χ0v) is 9.57. The third kappa shape index (κ3) is 3.26. The standard InChI is InChI=1S/C12H20N2O/c1-9(2)14-12(6-7-13)11-5-3-4-10(11)8-15/h7-11,13H,3-6H2,1-2H3. The molecule has 2 atom stereocenters. The lowest BCUT2D eigenvalue weighted by Crippen LogP contribution is -2.21. The Morgan fingerprint density at radius 1 is 1.53 bits per heavy atom. The second kappa shape index (κ2) is 5.79. The molecule has 1 N–H and O–H groups in total. The summed E-state index contributed by atoms with van der Waals surface area (Å²) in [6.07, 6.45) is 6.22. The van der Waals surface area contributed by atoms with E-state index in [1.165, 1.54) is 6.21 Å². The molecule has 0 aromatic heterocycles. The van der Waals surface area contributed by atoms with Crippen molar-refractivity contribution in [1.29, 1.82) is 5.41 Å². The van der Waals surface area contributed by atoms with Gasteiger partial charge < -0.3 is 10.2 Å². The van der Waals surface area contributed by atoms with Crippen LogP contribution in [0.2, 0.25) is 0 Å². The van der Waals surface area contributed by atoms with E-state index in [0.29, 0.717) is 12.3 Å². The summed E-state index contributed by atoms with van der Waals surface area (Å²) in [4.78, 5) is 15.5. The Morgan fingerprint density at radius 3 is 2.80 bits per heavy atom. The van der Waals surface area contributed by atoms with E-state index in [2.05, 4.69) is 4.99 Å². The third-order valence-electron chi connectivity index (χ3n) is 2.91. The van der Waals surface area contributed by atoms with Crippen LogP contribution in [0.15, 0.2) is 4.99 Å². The van der Waals surface area contributed by atoms with E-state index in [1.54, 1.807) is 0 Å². The molecule has 1 aliphatic rings. The van der Waals surface area contributed by atoms with Crippen molar-refractivity contribution in [3.63, 3.8) is 0 Å². The molecule has 2 unspecified atom stereocenters. The molecule has 84 valence electrons. The first-order valence-corrected chi connectivity index (χ1v) is 5.69. The first-order chi connectivity index (χ1) is 7.19. The highest BCUT2D eigenvalue weighted by molar-refractivity contribution is 5.98. The van der Waals surface area contributed by atoms with Crippen LogP contribution >= 0.6 is 0 Å². The number of carbonyl (C=O) groups is 1. The van der Waals surface area contributed by atoms with Gasteiger partial charge in [0.1, 0.15) is 6.29 Å². The van der Waals surface area contributed by atoms with Crippen molar-refractivity contribution < 1.29 is 4.79 Å². The van der Waals surface area contributed by atoms with Gasteiger partial charge in [-0.25, -0.2) is 0 Å². The Kier molecular flexibility index (Phi) is 4.66. The van der Waals surface area contributed by atoms with E-state index in [0.717, 1.165) is 31.3 Å². The molecule has 3 nitrogen and oxygen atoms in total. The second-order valence-corrected chi connectivity index (χ2v) is 4.46. The van der Waals surface area contributed by atoms with Crippen LogP contribution in [0.1, 0.15) is 39.5 Å². The van der Waals surface area contributed by atoms with Gasteiger partial charge >= 0.3 is 0 Å². The fourth-order valence-corrected chi connectivity index (χ4v) is 2.30. The molecule has 1 rings (SSSR count). The quantitative estimate of drug-likeness (QED) is 0.547. The molecule has 0 heterocycles. The van der Waals surface area contributed by atoms with Gasteiger partial charge in [0.15, 0.2) is 0 Å². The topological polar surface area (TPSA) is 53.3 Å². The van der Waals surface area contributed by atoms with Crippen molar-refractivity contribution in [2.75, 3.05) is 0 Å². The number of carbonyl (C=O) groups excluding carboxylic acids is 1. The zero-order valence-electron chi connectivity index (χ0n) is 9.57. The molecule has 0 bridgehead atoms. The first-order valence-electron chi connectivity index (χ1n) is 5.69. The molecule has 0 radical (unpaired) electrons. The number of hydrogen-bond acceptors (Lipinski definition) is 3. The van der Waals surface area contributed by atoms with Crippen LogP contribution in [0.3, 0.4) is 0 Å². The maximum atomic E-state index is 10.9. The smallest absolute Gasteiger partial charge is 0.123 e. The third-order valence-corrected chi connectivity index (χ3v) is 2.91. The molecule has 1 fully saturated rings. The number of hydrogen-bond donors (Lipinski definition) is 1. The molecule has 1 aliphatic carbocycles. The lowest BCUT2D eigenvalue weighted by Gasteiger charge is -2.17. The summed E-state index contributed by atoms with van der Waals surface area (Å²) in [5, 5.41) is 7.17. The molecule has 1 saturated carbocycles. The Morgan fingerprint density at radius 2 is 2.27 bits per heavy atom. The summed E-state index contributed by atoms with van der Waals surface area (Å²) in [5.74, 6) is 0.439. The van der Waals surface area contributed by atoms with Crippen molar-refractivity contribution in [3.8, 4) is 0 Å². The summed E-state index contributed by atoms with van der Waals surface area (Å²) < 4.78 is 0. The predicted molar refractivity (Wildman–Crippen MR) is 62.9 cm³/mol. The number of nitrogens with one attached hydrogen (secondary N) is 1. The lowest BCUT2D eigenvalue weighted by molar-refractivity contribution is -0.111. The molecule has 0 amide bonds. The molecule has 0 aromatic rings. The van der Waals surface area contributed by atoms with Crippen LogP contribution in [0, 0.1) is 17.2 Å². The predicted octanol–water partition coefficient (Wildman–Crippen LogP) is 2.49. The number of aliphatic imine (C=N–C) groups is 1. The maximum absolute atomic E-state index is 10.9. The summed E-state index contributed by atoms with van der Waals surface area (Å²) in [7, 11) is 0. The van der Waals surface area contributed by atoms with E-state index in [4.69, 9.17) is 5.41 Å². The normalized spacial score (nSPS) is 27.0. The van der Waals surface area contributed by atoms with Crippen molar-refractivity contribution in [1.82, 2.24) is 0 Å². The van der Waals surface area contributed by atoms with Gasteiger partial charge in [-0.3, -0.25) is 4.99 Å². The number of aldehydes is 1. The minimum Gasteiger partial charge on any atom is -0.313 e. The Balaban J connectivity index is 2.78. The van der Waals surface area contributed by atoms with Gasteiger partial charge in [-0.05, 0) is 26.7 Å². The molecule has 3 heteroatoms. The summed E-state index contributed by atoms with van der Waals surface area (Å²) in [6.45, 7) is 4.07. The SMILES string of the molecule is CC(C)N=C(CC=N)C1CCCC1C=O. The van der Waals surface area contributed by atoms with Crippen molar-refractivity contribution in [2.45, 2.75) is 45.6 Å². The lowest BCUT2D eigenvalue weighted by atomic mass is 9.90. The minimum atomic E-state index is 0.141. The van der Waals surface area contributed by atoms with E-state index in [9.17, 15) is 4.79 Å². The highest BCUT2D eigenvalue weighted by Crippen LogP contribution is 2.32. The molecule has 0 aliphatic heterocycles. The van der Waals surface area contributed by atoms with Crippen molar-refractivity contribution in [2.24, 2.45) is 16.8 Å². The van der Waals surface area contributed by atoms with Gasteiger partial charge in [0, 0.05) is 36.2 Å². The van der Waals surface area contributed by atoms with E-state index in [-0.39, 0.29) is 12.0 Å². The number of nitrogens with zero attached hydrogens (tertiary/aromatic N) is 1. The molecular weight excluding hydrogens is 188 g/mol. The fourth-order valence-electron chi connectivity index (χ4n) is 2.30. The largest absolute Gasteiger partial charge is 0.313 e. The van der Waals surface area contributed by atoms with Gasteiger partial charge in [0.2, 0.25) is 0 Å². The highest BCUT2D eigenvalue weighted by atomic mass is 16.1. The summed E-state index contributed by atoms with van der Waals surface area (Å²) >= 11 is 0. The average molecular weight is 208 g/mol. The molecule has 15 heavy (non-hydrogen) atoms. The van der Waals surface area contributed by atoms with Crippen molar-refractivity contribution in [3.05, 3.63) is 0 Å². The molecule has 0 aromatic carbocycles. The van der Waals surface area contributed by atoms with Gasteiger partial charge in [0.05, 0.1) is 0 Å². The van der Waals surface area contributed by atoms with Crippen LogP contribution in [0.4, 0.5) is 0 Å². The molecule has 0 spiro atoms. The van der Waals surface area contributed by atoms with Gasteiger partial charge in [-0.1, -0.05) is 6.42 Å². The highest BCUT2D eigenvalue weighted by Gasteiger charge is 2.30. The Bertz CT molecular complexity index is 258. The van der Waals surface area contributed by atoms with Crippen LogP contribution in [-0.4, -0.2) is 24.3 Å². The fraction of sp³-hybridized carbons (Fsp3) is 0.750. The maximum Gasteiger partial charge on any atom is 0.123 e. The van der Waals surface area contributed by atoms with Gasteiger partial charge in [-0.2, -0.15) is 0 Å². The monoisotopic (exact) mass is 208 g/mol. The Hall–Kier alpha value is -0.990. The van der Waals surface area contributed by atoms with Gasteiger partial charge in [0.25, 0.3) is 0 Å². The van der Waals surface area contributed by atoms with Crippen LogP contribution in [0.5, 0.6) is 0 Å². The van der Waals surface area contributed by atoms with Crippen LogP contribution in [-0.2, 0) is 4.79 Å². The summed E-state index contributed by atoms with van der Waals surface area (Å²) in [5.41, 5.74) is 1.05. The molecular formula is C12H20N2O. The summed E-state index contributed by atoms with van der Waals surface area (Å²) in [6, 6.07) is 0.257. The van der Waals surface area contributed by atoms with Gasteiger partial charge in [-0.15, -0.1) is 0 Å². The zero-order chi connectivity index (χ0) is 11.3. The van der Waals surface area contributed by atoms with E-state index in [1.807, 2.05) is 13.8 Å². The van der Waals surface area contributed by atoms with Crippen molar-refractivity contribution >= 4 is 18.2 Å². The minimum absolute atomic E-state index is 0.141. The number of rotatable bonds is 5. The van der Waals surface area contributed by atoms with Crippen LogP contribution < -0.4 is 0 Å². The Labute approximate surface area is 91.5 Å². The first kappa shape index (κ1) is 12.1.